The van der Waals surface area contributed by atoms with Crippen molar-refractivity contribution in [3.05, 3.63) is 0 Å². The zero-order chi connectivity index (χ0) is 15.0. The quantitative estimate of drug-likeness (QED) is 0.789. The van der Waals surface area contributed by atoms with Crippen LogP contribution in [0, 0.1) is 11.8 Å². The minimum Gasteiger partial charge on any atom is -0.298 e. The molecule has 0 saturated carbocycles. The first-order valence-corrected chi connectivity index (χ1v) is 9.26. The van der Waals surface area contributed by atoms with Gasteiger partial charge in [-0.15, -0.1) is 0 Å². The van der Waals surface area contributed by atoms with Crippen LogP contribution in [0.5, 0.6) is 0 Å². The van der Waals surface area contributed by atoms with Crippen LogP contribution in [0.15, 0.2) is 0 Å². The van der Waals surface area contributed by atoms with E-state index in [1.807, 2.05) is 0 Å². The molecule has 0 radical (unpaired) electrons. The average molecular weight is 293 g/mol. The van der Waals surface area contributed by atoms with Crippen LogP contribution in [0.4, 0.5) is 0 Å². The lowest BCUT2D eigenvalue weighted by atomic mass is 9.83. The number of rotatable bonds is 4. The molecule has 0 amide bonds. The Hall–Kier alpha value is -0.120. The zero-order valence-corrected chi connectivity index (χ0v) is 14.6. The van der Waals surface area contributed by atoms with E-state index >= 15 is 0 Å². The molecule has 21 heavy (non-hydrogen) atoms. The second-order valence-corrected chi connectivity index (χ2v) is 8.26. The molecular weight excluding hydrogens is 258 g/mol. The molecule has 3 heteroatoms. The van der Waals surface area contributed by atoms with E-state index in [0.717, 1.165) is 23.9 Å². The van der Waals surface area contributed by atoms with Gasteiger partial charge in [-0.2, -0.15) is 0 Å². The van der Waals surface area contributed by atoms with Gasteiger partial charge in [0, 0.05) is 44.3 Å². The van der Waals surface area contributed by atoms with Gasteiger partial charge in [0.15, 0.2) is 0 Å². The molecule has 0 aliphatic carbocycles. The van der Waals surface area contributed by atoms with Crippen LogP contribution in [-0.4, -0.2) is 65.7 Å². The summed E-state index contributed by atoms with van der Waals surface area (Å²) >= 11 is 0. The van der Waals surface area contributed by atoms with Crippen molar-refractivity contribution in [2.24, 2.45) is 11.8 Å². The first-order valence-electron chi connectivity index (χ1n) is 9.26. The molecule has 3 aliphatic heterocycles. The first kappa shape index (κ1) is 15.8. The van der Waals surface area contributed by atoms with Gasteiger partial charge in [-0.05, 0) is 51.4 Å². The van der Waals surface area contributed by atoms with Gasteiger partial charge >= 0.3 is 0 Å². The molecule has 0 spiro atoms. The fraction of sp³-hybridized carbons (Fsp3) is 1.00. The minimum atomic E-state index is 0.713. The normalized spacial score (nSPS) is 36.0. The molecule has 3 fully saturated rings. The third-order valence-corrected chi connectivity index (χ3v) is 6.36. The molecule has 0 N–H and O–H groups in total. The molecule has 3 aliphatic rings. The van der Waals surface area contributed by atoms with Crippen molar-refractivity contribution < 1.29 is 0 Å². The van der Waals surface area contributed by atoms with Gasteiger partial charge in [0.25, 0.3) is 0 Å². The topological polar surface area (TPSA) is 9.72 Å². The molecule has 3 heterocycles. The summed E-state index contributed by atoms with van der Waals surface area (Å²) < 4.78 is 0. The van der Waals surface area contributed by atoms with Gasteiger partial charge in [0.1, 0.15) is 0 Å². The summed E-state index contributed by atoms with van der Waals surface area (Å²) in [6.45, 7) is 15.8. The number of hydrogen-bond donors (Lipinski definition) is 0. The van der Waals surface area contributed by atoms with E-state index in [0.29, 0.717) is 6.04 Å². The van der Waals surface area contributed by atoms with Crippen molar-refractivity contribution in [2.75, 3.05) is 32.8 Å². The maximum Gasteiger partial charge on any atom is 0.0512 e. The monoisotopic (exact) mass is 293 g/mol. The molecule has 2 unspecified atom stereocenters. The van der Waals surface area contributed by atoms with Gasteiger partial charge < -0.3 is 0 Å². The Morgan fingerprint density at radius 2 is 1.43 bits per heavy atom. The van der Waals surface area contributed by atoms with Gasteiger partial charge in [-0.3, -0.25) is 14.7 Å². The molecule has 3 nitrogen and oxygen atoms in total. The van der Waals surface area contributed by atoms with Crippen LogP contribution in [0.25, 0.3) is 0 Å². The van der Waals surface area contributed by atoms with Gasteiger partial charge in [0.2, 0.25) is 0 Å². The van der Waals surface area contributed by atoms with Crippen molar-refractivity contribution in [3.8, 4) is 0 Å². The highest BCUT2D eigenvalue weighted by Crippen LogP contribution is 2.41. The summed E-state index contributed by atoms with van der Waals surface area (Å²) in [5.74, 6) is 1.86. The maximum atomic E-state index is 2.86. The predicted molar refractivity (Wildman–Crippen MR) is 89.4 cm³/mol. The summed E-state index contributed by atoms with van der Waals surface area (Å²) in [5.41, 5.74) is 0. The van der Waals surface area contributed by atoms with E-state index in [9.17, 15) is 0 Å². The summed E-state index contributed by atoms with van der Waals surface area (Å²) in [5, 5.41) is 0. The SMILES string of the molecule is CC(C)C1CC2CCC(C1)N2CN1CCN(C(C)C)CC1. The highest BCUT2D eigenvalue weighted by Gasteiger charge is 2.41. The van der Waals surface area contributed by atoms with E-state index in [1.54, 1.807) is 0 Å². The summed E-state index contributed by atoms with van der Waals surface area (Å²) in [6, 6.07) is 2.49. The fourth-order valence-corrected chi connectivity index (χ4v) is 4.74. The molecule has 0 aromatic rings. The standard InChI is InChI=1S/C18H35N3/c1-14(2)16-11-17-5-6-18(12-16)21(17)13-19-7-9-20(10-8-19)15(3)4/h14-18H,5-13H2,1-4H3. The molecule has 0 aromatic heterocycles. The Bertz CT molecular complexity index is 319. The number of piperazine rings is 1. The maximum absolute atomic E-state index is 2.86. The average Bonchev–Trinajstić information content (AvgIpc) is 2.70. The van der Waals surface area contributed by atoms with Crippen LogP contribution in [0.1, 0.15) is 53.4 Å². The summed E-state index contributed by atoms with van der Waals surface area (Å²) in [4.78, 5) is 8.19. The lowest BCUT2D eigenvalue weighted by Gasteiger charge is -2.45. The third-order valence-electron chi connectivity index (χ3n) is 6.36. The van der Waals surface area contributed by atoms with E-state index in [2.05, 4.69) is 42.4 Å². The number of hydrogen-bond acceptors (Lipinski definition) is 3. The van der Waals surface area contributed by atoms with E-state index in [1.165, 1.54) is 58.5 Å². The van der Waals surface area contributed by atoms with Crippen molar-refractivity contribution >= 4 is 0 Å². The highest BCUT2D eigenvalue weighted by molar-refractivity contribution is 4.95. The Balaban J connectivity index is 1.51. The van der Waals surface area contributed by atoms with Crippen molar-refractivity contribution in [1.82, 2.24) is 14.7 Å². The lowest BCUT2D eigenvalue weighted by Crippen LogP contribution is -2.55. The zero-order valence-electron chi connectivity index (χ0n) is 14.6. The molecule has 0 aromatic carbocycles. The molecule has 2 atom stereocenters. The Morgan fingerprint density at radius 1 is 0.857 bits per heavy atom. The van der Waals surface area contributed by atoms with E-state index < -0.39 is 0 Å². The largest absolute Gasteiger partial charge is 0.298 e. The fourth-order valence-electron chi connectivity index (χ4n) is 4.74. The van der Waals surface area contributed by atoms with Crippen molar-refractivity contribution in [1.29, 1.82) is 0 Å². The van der Waals surface area contributed by atoms with E-state index in [-0.39, 0.29) is 0 Å². The minimum absolute atomic E-state index is 0.713. The molecule has 2 bridgehead atoms. The summed E-state index contributed by atoms with van der Waals surface area (Å²) in [6.07, 6.45) is 5.83. The molecule has 3 rings (SSSR count). The number of piperidine rings is 1. The Kier molecular flexibility index (Phi) is 4.92. The first-order chi connectivity index (χ1) is 10.0. The van der Waals surface area contributed by atoms with Crippen LogP contribution in [0.3, 0.4) is 0 Å². The van der Waals surface area contributed by atoms with Gasteiger partial charge in [-0.25, -0.2) is 0 Å². The Morgan fingerprint density at radius 3 is 1.90 bits per heavy atom. The van der Waals surface area contributed by atoms with Crippen LogP contribution >= 0.6 is 0 Å². The van der Waals surface area contributed by atoms with Crippen LogP contribution in [0.2, 0.25) is 0 Å². The molecule has 122 valence electrons. The predicted octanol–water partition coefficient (Wildman–Crippen LogP) is 2.87. The highest BCUT2D eigenvalue weighted by atomic mass is 15.4. The van der Waals surface area contributed by atoms with Crippen molar-refractivity contribution in [2.45, 2.75) is 71.5 Å². The van der Waals surface area contributed by atoms with Gasteiger partial charge in [0.05, 0.1) is 6.67 Å². The van der Waals surface area contributed by atoms with Crippen LogP contribution < -0.4 is 0 Å². The summed E-state index contributed by atoms with van der Waals surface area (Å²) in [7, 11) is 0. The second-order valence-electron chi connectivity index (χ2n) is 8.26. The number of fused-ring (bicyclic) bond motifs is 2. The Labute approximate surface area is 131 Å². The third kappa shape index (κ3) is 3.46. The molecular formula is C18H35N3. The van der Waals surface area contributed by atoms with Crippen molar-refractivity contribution in [3.63, 3.8) is 0 Å². The second kappa shape index (κ2) is 6.55. The van der Waals surface area contributed by atoms with E-state index in [4.69, 9.17) is 0 Å². The molecule has 3 saturated heterocycles. The lowest BCUT2D eigenvalue weighted by molar-refractivity contribution is 0.00748. The smallest absolute Gasteiger partial charge is 0.0512 e. The number of nitrogens with zero attached hydrogens (tertiary/aromatic N) is 3. The van der Waals surface area contributed by atoms with Crippen LogP contribution in [-0.2, 0) is 0 Å². The van der Waals surface area contributed by atoms with Gasteiger partial charge in [-0.1, -0.05) is 13.8 Å².